The zero-order valence-corrected chi connectivity index (χ0v) is 11.6. The zero-order valence-electron chi connectivity index (χ0n) is 11.6. The molecule has 0 unspecified atom stereocenters. The second kappa shape index (κ2) is 5.37. The monoisotopic (exact) mass is 273 g/mol. The summed E-state index contributed by atoms with van der Waals surface area (Å²) in [6.07, 6.45) is 2.38. The third-order valence-electron chi connectivity index (χ3n) is 4.52. The van der Waals surface area contributed by atoms with Gasteiger partial charge in [0.2, 0.25) is 0 Å². The second-order valence-electron chi connectivity index (χ2n) is 5.63. The van der Waals surface area contributed by atoms with Gasteiger partial charge in [-0.3, -0.25) is 14.5 Å². The van der Waals surface area contributed by atoms with E-state index < -0.39 is 5.92 Å². The Morgan fingerprint density at radius 2 is 2.05 bits per heavy atom. The number of piperidine rings is 1. The molecule has 2 bridgehead atoms. The Hall–Kier alpha value is -1.68. The lowest BCUT2D eigenvalue weighted by Gasteiger charge is -2.37. The van der Waals surface area contributed by atoms with E-state index in [0.717, 1.165) is 19.4 Å². The van der Waals surface area contributed by atoms with Crippen molar-refractivity contribution < 1.29 is 14.3 Å². The summed E-state index contributed by atoms with van der Waals surface area (Å²) in [7, 11) is 1.36. The van der Waals surface area contributed by atoms with Crippen LogP contribution in [0.2, 0.25) is 0 Å². The predicted molar refractivity (Wildman–Crippen MR) is 73.9 cm³/mol. The highest BCUT2D eigenvalue weighted by atomic mass is 16.5. The van der Waals surface area contributed by atoms with Crippen LogP contribution in [0.4, 0.5) is 0 Å². The Balaban J connectivity index is 1.82. The molecule has 0 saturated carbocycles. The quantitative estimate of drug-likeness (QED) is 0.622. The molecule has 2 saturated heterocycles. The molecule has 1 aromatic carbocycles. The number of Topliss-reactive ketones (excluding diaryl/α,β-unsaturated/α-hetero) is 1. The minimum absolute atomic E-state index is 0.00825. The van der Waals surface area contributed by atoms with Crippen molar-refractivity contribution in [2.45, 2.75) is 37.9 Å². The number of fused-ring (bicyclic) bond motifs is 2. The van der Waals surface area contributed by atoms with Gasteiger partial charge < -0.3 is 4.74 Å². The molecule has 0 radical (unpaired) electrons. The van der Waals surface area contributed by atoms with Gasteiger partial charge in [-0.1, -0.05) is 30.3 Å². The normalized spacial score (nSPS) is 29.4. The van der Waals surface area contributed by atoms with Crippen molar-refractivity contribution in [1.29, 1.82) is 0 Å². The van der Waals surface area contributed by atoms with E-state index in [0.29, 0.717) is 6.42 Å². The van der Waals surface area contributed by atoms with Crippen LogP contribution in [0, 0.1) is 5.92 Å². The van der Waals surface area contributed by atoms with Crippen LogP contribution in [0.15, 0.2) is 30.3 Å². The van der Waals surface area contributed by atoms with E-state index in [1.54, 1.807) is 0 Å². The number of nitrogens with zero attached hydrogens (tertiary/aromatic N) is 1. The fourth-order valence-corrected chi connectivity index (χ4v) is 3.57. The van der Waals surface area contributed by atoms with Gasteiger partial charge in [0.05, 0.1) is 7.11 Å². The van der Waals surface area contributed by atoms with Crippen LogP contribution in [0.5, 0.6) is 0 Å². The van der Waals surface area contributed by atoms with Crippen molar-refractivity contribution in [3.63, 3.8) is 0 Å². The maximum absolute atomic E-state index is 12.1. The van der Waals surface area contributed by atoms with E-state index in [-0.39, 0.29) is 23.8 Å². The van der Waals surface area contributed by atoms with Crippen molar-refractivity contribution in [2.75, 3.05) is 7.11 Å². The van der Waals surface area contributed by atoms with Gasteiger partial charge in [-0.25, -0.2) is 0 Å². The first-order valence-electron chi connectivity index (χ1n) is 7.11. The van der Waals surface area contributed by atoms with Gasteiger partial charge in [-0.2, -0.15) is 0 Å². The third-order valence-corrected chi connectivity index (χ3v) is 4.52. The first kappa shape index (κ1) is 13.3. The van der Waals surface area contributed by atoms with E-state index in [1.165, 1.54) is 12.7 Å². The molecule has 1 aromatic rings. The molecule has 0 N–H and O–H groups in total. The number of carbonyl (C=O) groups is 2. The lowest BCUT2D eigenvalue weighted by molar-refractivity contribution is -0.154. The first-order chi connectivity index (χ1) is 9.70. The molecule has 4 nitrogen and oxygen atoms in total. The Morgan fingerprint density at radius 1 is 1.30 bits per heavy atom. The summed E-state index contributed by atoms with van der Waals surface area (Å²) in [5.41, 5.74) is 1.22. The SMILES string of the molecule is COC(=O)[C@H]1C(=O)C[C@H]2CC[C@@H]1N2Cc1ccccc1. The van der Waals surface area contributed by atoms with Crippen molar-refractivity contribution in [3.05, 3.63) is 35.9 Å². The fourth-order valence-electron chi connectivity index (χ4n) is 3.57. The number of hydrogen-bond acceptors (Lipinski definition) is 4. The molecule has 4 heteroatoms. The van der Waals surface area contributed by atoms with Crippen LogP contribution in [0.25, 0.3) is 0 Å². The molecule has 106 valence electrons. The number of benzene rings is 1. The summed E-state index contributed by atoms with van der Waals surface area (Å²) in [4.78, 5) is 26.3. The van der Waals surface area contributed by atoms with Crippen molar-refractivity contribution in [3.8, 4) is 0 Å². The average Bonchev–Trinajstić information content (AvgIpc) is 2.74. The number of rotatable bonds is 3. The number of esters is 1. The highest BCUT2D eigenvalue weighted by Crippen LogP contribution is 2.38. The summed E-state index contributed by atoms with van der Waals surface area (Å²) in [5, 5.41) is 0. The smallest absolute Gasteiger partial charge is 0.317 e. The van der Waals surface area contributed by atoms with E-state index >= 15 is 0 Å². The van der Waals surface area contributed by atoms with E-state index in [9.17, 15) is 9.59 Å². The molecule has 0 aliphatic carbocycles. The summed E-state index contributed by atoms with van der Waals surface area (Å²) < 4.78 is 4.82. The molecule has 2 aliphatic rings. The molecule has 2 aliphatic heterocycles. The number of carbonyl (C=O) groups excluding carboxylic acids is 2. The summed E-state index contributed by atoms with van der Waals surface area (Å²) in [5.74, 6) is -0.922. The maximum Gasteiger partial charge on any atom is 0.317 e. The van der Waals surface area contributed by atoms with Crippen LogP contribution in [0.1, 0.15) is 24.8 Å². The molecule has 0 aromatic heterocycles. The average molecular weight is 273 g/mol. The molecule has 2 heterocycles. The Labute approximate surface area is 118 Å². The largest absolute Gasteiger partial charge is 0.468 e. The molecule has 0 spiro atoms. The van der Waals surface area contributed by atoms with Gasteiger partial charge in [0.1, 0.15) is 11.7 Å². The predicted octanol–water partition coefficient (Wildman–Crippen LogP) is 1.78. The van der Waals surface area contributed by atoms with Gasteiger partial charge in [-0.05, 0) is 18.4 Å². The summed E-state index contributed by atoms with van der Waals surface area (Å²) in [6.45, 7) is 0.803. The minimum Gasteiger partial charge on any atom is -0.468 e. The van der Waals surface area contributed by atoms with Gasteiger partial charge in [0, 0.05) is 25.0 Å². The van der Waals surface area contributed by atoms with Crippen LogP contribution in [-0.4, -0.2) is 35.8 Å². The third kappa shape index (κ3) is 2.24. The molecule has 2 fully saturated rings. The van der Waals surface area contributed by atoms with E-state index in [2.05, 4.69) is 17.0 Å². The summed E-state index contributed by atoms with van der Waals surface area (Å²) in [6, 6.07) is 10.5. The second-order valence-corrected chi connectivity index (χ2v) is 5.63. The molecule has 0 amide bonds. The molecular weight excluding hydrogens is 254 g/mol. The number of ether oxygens (including phenoxy) is 1. The van der Waals surface area contributed by atoms with Crippen molar-refractivity contribution in [2.24, 2.45) is 5.92 Å². The molecule has 3 rings (SSSR count). The van der Waals surface area contributed by atoms with Crippen LogP contribution >= 0.6 is 0 Å². The van der Waals surface area contributed by atoms with Crippen molar-refractivity contribution >= 4 is 11.8 Å². The first-order valence-corrected chi connectivity index (χ1v) is 7.11. The minimum atomic E-state index is -0.595. The standard InChI is InChI=1S/C16H19NO3/c1-20-16(19)15-13-8-7-12(9-14(15)18)17(13)10-11-5-3-2-4-6-11/h2-6,12-13,15H,7-10H2,1H3/t12-,13+,15-/m1/s1. The van der Waals surface area contributed by atoms with E-state index in [1.807, 2.05) is 18.2 Å². The number of ketones is 1. The summed E-state index contributed by atoms with van der Waals surface area (Å²) >= 11 is 0. The van der Waals surface area contributed by atoms with Gasteiger partial charge in [0.15, 0.2) is 0 Å². The fraction of sp³-hybridized carbons (Fsp3) is 0.500. The lowest BCUT2D eigenvalue weighted by atomic mass is 9.88. The Bertz CT molecular complexity index is 514. The highest BCUT2D eigenvalue weighted by molar-refractivity contribution is 6.00. The number of methoxy groups -OCH3 is 1. The van der Waals surface area contributed by atoms with E-state index in [4.69, 9.17) is 4.74 Å². The molecular formula is C16H19NO3. The zero-order chi connectivity index (χ0) is 14.1. The van der Waals surface area contributed by atoms with Crippen LogP contribution in [0.3, 0.4) is 0 Å². The topological polar surface area (TPSA) is 46.6 Å². The Kier molecular flexibility index (Phi) is 3.57. The molecule has 3 atom stereocenters. The van der Waals surface area contributed by atoms with Gasteiger partial charge in [0.25, 0.3) is 0 Å². The van der Waals surface area contributed by atoms with Gasteiger partial charge >= 0.3 is 5.97 Å². The lowest BCUT2D eigenvalue weighted by Crippen LogP contribution is -2.51. The van der Waals surface area contributed by atoms with Crippen molar-refractivity contribution in [1.82, 2.24) is 4.90 Å². The van der Waals surface area contributed by atoms with Crippen LogP contribution in [-0.2, 0) is 20.9 Å². The Morgan fingerprint density at radius 3 is 2.75 bits per heavy atom. The molecule has 20 heavy (non-hydrogen) atoms. The maximum atomic E-state index is 12.1. The highest BCUT2D eigenvalue weighted by Gasteiger charge is 2.50. The van der Waals surface area contributed by atoms with Crippen LogP contribution < -0.4 is 0 Å². The van der Waals surface area contributed by atoms with Gasteiger partial charge in [-0.15, -0.1) is 0 Å². The number of hydrogen-bond donors (Lipinski definition) is 0.